The van der Waals surface area contributed by atoms with Gasteiger partial charge in [-0.05, 0) is 41.3 Å². The van der Waals surface area contributed by atoms with E-state index in [-0.39, 0.29) is 38.3 Å². The Bertz CT molecular complexity index is 1310. The summed E-state index contributed by atoms with van der Waals surface area (Å²) in [5.41, 5.74) is 3.80. The van der Waals surface area contributed by atoms with E-state index in [0.717, 1.165) is 39.3 Å². The van der Waals surface area contributed by atoms with Gasteiger partial charge in [-0.1, -0.05) is 35.9 Å². The minimum atomic E-state index is -1.18. The quantitative estimate of drug-likeness (QED) is 0.409. The maximum absolute atomic E-state index is 12.5. The molecule has 1 fully saturated rings. The predicted octanol–water partition coefficient (Wildman–Crippen LogP) is 2.77. The highest BCUT2D eigenvalue weighted by molar-refractivity contribution is 6.13. The van der Waals surface area contributed by atoms with Gasteiger partial charge in [0.1, 0.15) is 6.61 Å². The lowest BCUT2D eigenvalue weighted by atomic mass is 9.97. The average Bonchev–Trinajstić information content (AvgIpc) is 3.49. The van der Waals surface area contributed by atoms with Crippen molar-refractivity contribution in [1.82, 2.24) is 9.96 Å². The van der Waals surface area contributed by atoms with E-state index in [2.05, 4.69) is 11.9 Å². The van der Waals surface area contributed by atoms with Gasteiger partial charge in [0.05, 0.1) is 0 Å². The molecule has 2 heterocycles. The number of carbonyl (C=O) groups is 6. The Hall–Kier alpha value is -4.80. The Morgan fingerprint density at radius 1 is 1.11 bits per heavy atom. The number of hydrogen-bond donors (Lipinski definition) is 1. The monoisotopic (exact) mass is 519 g/mol. The molecule has 11 nitrogen and oxygen atoms in total. The molecule has 5 amide bonds. The first kappa shape index (κ1) is 26.3. The molecule has 1 saturated heterocycles. The zero-order valence-electron chi connectivity index (χ0n) is 20.6. The molecule has 0 radical (unpaired) electrons. The minimum Gasteiger partial charge on any atom is -0.432 e. The van der Waals surface area contributed by atoms with Crippen LogP contribution in [0.5, 0.6) is 0 Å². The van der Waals surface area contributed by atoms with E-state index in [1.807, 2.05) is 25.1 Å². The summed E-state index contributed by atoms with van der Waals surface area (Å²) in [6.45, 7) is 5.40. The number of rotatable bonds is 8. The summed E-state index contributed by atoms with van der Waals surface area (Å²) in [6.07, 6.45) is 6.33. The van der Waals surface area contributed by atoms with Crippen molar-refractivity contribution in [1.29, 1.82) is 0 Å². The highest BCUT2D eigenvalue weighted by Gasteiger charge is 2.35. The maximum Gasteiger partial charge on any atom is 0.533 e. The SMILES string of the molecule is C=CC=C1/C(=C\C)C(COC(=O)ON2C(=O)CCC2=O)c2cc(NC(=O)CCN3C(=O)C=CC3=O)ccc21. The summed E-state index contributed by atoms with van der Waals surface area (Å²) in [5.74, 6) is -2.96. The number of hydrogen-bond acceptors (Lipinski definition) is 8. The Morgan fingerprint density at radius 3 is 2.42 bits per heavy atom. The van der Waals surface area contributed by atoms with Crippen LogP contribution in [0.15, 0.2) is 60.7 Å². The number of benzene rings is 1. The Balaban J connectivity index is 1.47. The number of nitrogens with one attached hydrogen (secondary N) is 1. The average molecular weight is 520 g/mol. The number of hydroxylamine groups is 2. The summed E-state index contributed by atoms with van der Waals surface area (Å²) in [6, 6.07) is 5.29. The fourth-order valence-electron chi connectivity index (χ4n) is 4.52. The Kier molecular flexibility index (Phi) is 7.66. The Morgan fingerprint density at radius 2 is 1.79 bits per heavy atom. The minimum absolute atomic E-state index is 0.0312. The van der Waals surface area contributed by atoms with Crippen LogP contribution in [-0.4, -0.2) is 58.8 Å². The van der Waals surface area contributed by atoms with E-state index in [9.17, 15) is 28.8 Å². The number of allylic oxidation sites excluding steroid dienone is 4. The van der Waals surface area contributed by atoms with Crippen molar-refractivity contribution < 1.29 is 38.3 Å². The Labute approximate surface area is 218 Å². The molecule has 11 heteroatoms. The fraction of sp³-hybridized carbons (Fsp3) is 0.259. The van der Waals surface area contributed by atoms with Crippen molar-refractivity contribution in [3.8, 4) is 0 Å². The van der Waals surface area contributed by atoms with Crippen molar-refractivity contribution in [3.63, 3.8) is 0 Å². The van der Waals surface area contributed by atoms with Crippen LogP contribution in [0, 0.1) is 0 Å². The second kappa shape index (κ2) is 11.1. The van der Waals surface area contributed by atoms with Gasteiger partial charge in [-0.3, -0.25) is 33.7 Å². The van der Waals surface area contributed by atoms with Crippen LogP contribution in [-0.2, 0) is 33.5 Å². The third kappa shape index (κ3) is 5.31. The molecule has 1 N–H and O–H groups in total. The number of fused-ring (bicyclic) bond motifs is 1. The normalized spacial score (nSPS) is 20.5. The summed E-state index contributed by atoms with van der Waals surface area (Å²) >= 11 is 0. The summed E-state index contributed by atoms with van der Waals surface area (Å²) in [5, 5.41) is 3.18. The van der Waals surface area contributed by atoms with E-state index in [4.69, 9.17) is 9.57 Å². The van der Waals surface area contributed by atoms with Crippen molar-refractivity contribution in [3.05, 3.63) is 71.9 Å². The standard InChI is InChI=1S/C27H25N3O8/c1-3-5-18-17(4-2)21(15-37-27(36)38-30-25(34)10-11-26(30)35)20-14-16(6-7-19(18)20)28-22(31)12-13-29-23(32)8-9-24(29)33/h3-9,14,21H,1,10-13,15H2,2H3,(H,28,31)/b17-4+,18-5?. The van der Waals surface area contributed by atoms with E-state index in [1.165, 1.54) is 0 Å². The number of amides is 5. The van der Waals surface area contributed by atoms with Gasteiger partial charge in [0.15, 0.2) is 0 Å². The molecule has 1 aliphatic carbocycles. The van der Waals surface area contributed by atoms with E-state index in [0.29, 0.717) is 10.8 Å². The van der Waals surface area contributed by atoms with Crippen molar-refractivity contribution in [2.75, 3.05) is 18.5 Å². The van der Waals surface area contributed by atoms with Crippen LogP contribution in [0.3, 0.4) is 0 Å². The number of carbonyl (C=O) groups excluding carboxylic acids is 6. The summed E-state index contributed by atoms with van der Waals surface area (Å²) < 4.78 is 5.27. The third-order valence-corrected chi connectivity index (χ3v) is 6.29. The highest BCUT2D eigenvalue weighted by Crippen LogP contribution is 2.46. The number of anilines is 1. The van der Waals surface area contributed by atoms with Crippen LogP contribution < -0.4 is 5.32 Å². The molecule has 0 aromatic heterocycles. The van der Waals surface area contributed by atoms with Gasteiger partial charge in [0, 0.05) is 49.6 Å². The fourth-order valence-corrected chi connectivity index (χ4v) is 4.52. The molecule has 38 heavy (non-hydrogen) atoms. The summed E-state index contributed by atoms with van der Waals surface area (Å²) in [7, 11) is 0. The number of ether oxygens (including phenoxy) is 1. The lowest BCUT2D eigenvalue weighted by molar-refractivity contribution is -0.177. The molecule has 0 bridgehead atoms. The van der Waals surface area contributed by atoms with Gasteiger partial charge < -0.3 is 10.1 Å². The molecule has 1 unspecified atom stereocenters. The second-order valence-corrected chi connectivity index (χ2v) is 8.61. The number of nitrogens with zero attached hydrogens (tertiary/aromatic N) is 2. The second-order valence-electron chi connectivity index (χ2n) is 8.61. The van der Waals surface area contributed by atoms with Gasteiger partial charge in [-0.25, -0.2) is 4.79 Å². The first-order valence-corrected chi connectivity index (χ1v) is 11.9. The summed E-state index contributed by atoms with van der Waals surface area (Å²) in [4.78, 5) is 77.4. The van der Waals surface area contributed by atoms with E-state index >= 15 is 0 Å². The molecular weight excluding hydrogens is 494 g/mol. The van der Waals surface area contributed by atoms with Crippen molar-refractivity contribution in [2.24, 2.45) is 0 Å². The largest absolute Gasteiger partial charge is 0.533 e. The van der Waals surface area contributed by atoms with Crippen LogP contribution >= 0.6 is 0 Å². The molecule has 1 aromatic carbocycles. The first-order valence-electron chi connectivity index (χ1n) is 11.9. The topological polar surface area (TPSA) is 139 Å². The van der Waals surface area contributed by atoms with Gasteiger partial charge in [-0.15, -0.1) is 0 Å². The zero-order chi connectivity index (χ0) is 27.4. The molecule has 1 atom stereocenters. The third-order valence-electron chi connectivity index (χ3n) is 6.29. The van der Waals surface area contributed by atoms with Gasteiger partial charge in [-0.2, -0.15) is 0 Å². The highest BCUT2D eigenvalue weighted by atomic mass is 16.8. The van der Waals surface area contributed by atoms with E-state index < -0.39 is 35.7 Å². The lowest BCUT2D eigenvalue weighted by Gasteiger charge is -2.17. The first-order chi connectivity index (χ1) is 18.2. The molecule has 2 aliphatic heterocycles. The van der Waals surface area contributed by atoms with Crippen molar-refractivity contribution >= 4 is 47.0 Å². The van der Waals surface area contributed by atoms with Crippen LogP contribution in [0.1, 0.15) is 43.2 Å². The molecule has 3 aliphatic rings. The van der Waals surface area contributed by atoms with Crippen LogP contribution in [0.2, 0.25) is 0 Å². The van der Waals surface area contributed by atoms with Crippen LogP contribution in [0.4, 0.5) is 10.5 Å². The van der Waals surface area contributed by atoms with Crippen molar-refractivity contribution in [2.45, 2.75) is 32.1 Å². The van der Waals surface area contributed by atoms with E-state index in [1.54, 1.807) is 18.2 Å². The lowest BCUT2D eigenvalue weighted by Crippen LogP contribution is -2.33. The van der Waals surface area contributed by atoms with Gasteiger partial charge in [0.25, 0.3) is 23.6 Å². The molecular formula is C27H25N3O8. The molecule has 0 saturated carbocycles. The van der Waals surface area contributed by atoms with Crippen LogP contribution in [0.25, 0.3) is 5.57 Å². The predicted molar refractivity (Wildman–Crippen MR) is 134 cm³/mol. The molecule has 196 valence electrons. The molecule has 0 spiro atoms. The number of imide groups is 2. The smallest absolute Gasteiger partial charge is 0.432 e. The van der Waals surface area contributed by atoms with Gasteiger partial charge in [0.2, 0.25) is 5.91 Å². The zero-order valence-corrected chi connectivity index (χ0v) is 20.6. The molecule has 4 rings (SSSR count). The maximum atomic E-state index is 12.5. The van der Waals surface area contributed by atoms with Gasteiger partial charge >= 0.3 is 6.16 Å². The molecule has 1 aromatic rings.